The topological polar surface area (TPSA) is 72.2 Å². The zero-order chi connectivity index (χ0) is 21.8. The molecule has 0 saturated heterocycles. The SMILES string of the molecule is Cc1ccc(Nc2oc(C=Cc3ccccc3)nc2S(=O)(=O)c2ccc(C)cc2)cc1. The summed E-state index contributed by atoms with van der Waals surface area (Å²) in [4.78, 5) is 4.47. The van der Waals surface area contributed by atoms with Crippen LogP contribution in [0.4, 0.5) is 11.6 Å². The molecule has 5 nitrogen and oxygen atoms in total. The Bertz CT molecular complexity index is 1310. The van der Waals surface area contributed by atoms with Gasteiger partial charge in [-0.25, -0.2) is 8.42 Å². The second kappa shape index (κ2) is 8.62. The second-order valence-electron chi connectivity index (χ2n) is 7.24. The summed E-state index contributed by atoms with van der Waals surface area (Å²) >= 11 is 0. The zero-order valence-electron chi connectivity index (χ0n) is 17.2. The zero-order valence-corrected chi connectivity index (χ0v) is 18.1. The third-order valence-corrected chi connectivity index (χ3v) is 6.40. The molecule has 0 aliphatic heterocycles. The molecule has 31 heavy (non-hydrogen) atoms. The molecule has 6 heteroatoms. The molecule has 4 aromatic rings. The van der Waals surface area contributed by atoms with Gasteiger partial charge in [-0.2, -0.15) is 4.98 Å². The van der Waals surface area contributed by atoms with E-state index in [9.17, 15) is 8.42 Å². The summed E-state index contributed by atoms with van der Waals surface area (Å²) in [6.07, 6.45) is 3.48. The van der Waals surface area contributed by atoms with Crippen molar-refractivity contribution in [3.05, 3.63) is 101 Å². The first kappa shape index (κ1) is 20.6. The van der Waals surface area contributed by atoms with Gasteiger partial charge in [0.25, 0.3) is 0 Å². The van der Waals surface area contributed by atoms with Crippen molar-refractivity contribution in [1.29, 1.82) is 0 Å². The van der Waals surface area contributed by atoms with Crippen LogP contribution in [0.2, 0.25) is 0 Å². The molecule has 0 aliphatic carbocycles. The Morgan fingerprint density at radius 2 is 1.42 bits per heavy atom. The largest absolute Gasteiger partial charge is 0.420 e. The summed E-state index contributed by atoms with van der Waals surface area (Å²) in [6, 6.07) is 23.9. The van der Waals surface area contributed by atoms with Crippen LogP contribution >= 0.6 is 0 Å². The molecule has 1 aromatic heterocycles. The lowest BCUT2D eigenvalue weighted by atomic mass is 10.2. The van der Waals surface area contributed by atoms with Crippen molar-refractivity contribution in [2.45, 2.75) is 23.8 Å². The van der Waals surface area contributed by atoms with Crippen molar-refractivity contribution in [2.75, 3.05) is 5.32 Å². The fraction of sp³-hybridized carbons (Fsp3) is 0.0800. The predicted octanol–water partition coefficient (Wildman–Crippen LogP) is 6.04. The number of nitrogens with one attached hydrogen (secondary N) is 1. The first-order chi connectivity index (χ1) is 14.9. The Morgan fingerprint density at radius 3 is 2.06 bits per heavy atom. The molecule has 0 bridgehead atoms. The molecule has 0 unspecified atom stereocenters. The van der Waals surface area contributed by atoms with Crippen LogP contribution in [0.5, 0.6) is 0 Å². The van der Waals surface area contributed by atoms with E-state index in [1.54, 1.807) is 30.3 Å². The minimum absolute atomic E-state index is 0.0807. The summed E-state index contributed by atoms with van der Waals surface area (Å²) in [5.74, 6) is 0.279. The van der Waals surface area contributed by atoms with Gasteiger partial charge in [-0.1, -0.05) is 65.7 Å². The number of sulfone groups is 1. The summed E-state index contributed by atoms with van der Waals surface area (Å²) in [7, 11) is -3.88. The van der Waals surface area contributed by atoms with Gasteiger partial charge in [0.2, 0.25) is 26.6 Å². The van der Waals surface area contributed by atoms with Crippen molar-refractivity contribution >= 4 is 33.6 Å². The number of nitrogens with zero attached hydrogens (tertiary/aromatic N) is 1. The van der Waals surface area contributed by atoms with Crippen molar-refractivity contribution in [3.8, 4) is 0 Å². The average molecular weight is 431 g/mol. The standard InChI is InChI=1S/C25H22N2O3S/c1-18-8-13-21(14-9-18)26-24-25(31(28,29)22-15-10-19(2)11-16-22)27-23(30-24)17-12-20-6-4-3-5-7-20/h3-17,26H,1-2H3. The number of anilines is 2. The number of aryl methyl sites for hydroxylation is 2. The van der Waals surface area contributed by atoms with E-state index >= 15 is 0 Å². The molecule has 3 aromatic carbocycles. The van der Waals surface area contributed by atoms with E-state index in [0.29, 0.717) is 5.69 Å². The van der Waals surface area contributed by atoms with Gasteiger partial charge in [0.05, 0.1) is 4.90 Å². The number of benzene rings is 3. The third-order valence-electron chi connectivity index (χ3n) is 4.73. The minimum Gasteiger partial charge on any atom is -0.420 e. The van der Waals surface area contributed by atoms with Crippen LogP contribution in [0.25, 0.3) is 12.2 Å². The van der Waals surface area contributed by atoms with E-state index < -0.39 is 9.84 Å². The monoisotopic (exact) mass is 430 g/mol. The van der Waals surface area contributed by atoms with Crippen LogP contribution in [0.3, 0.4) is 0 Å². The Balaban J connectivity index is 1.75. The van der Waals surface area contributed by atoms with Crippen LogP contribution in [-0.4, -0.2) is 13.4 Å². The molecule has 1 heterocycles. The van der Waals surface area contributed by atoms with Gasteiger partial charge in [-0.3, -0.25) is 0 Å². The van der Waals surface area contributed by atoms with Gasteiger partial charge in [0.15, 0.2) is 0 Å². The number of aromatic nitrogens is 1. The molecule has 0 fully saturated rings. The minimum atomic E-state index is -3.88. The molecular formula is C25H22N2O3S. The number of hydrogen-bond donors (Lipinski definition) is 1. The van der Waals surface area contributed by atoms with Crippen LogP contribution in [-0.2, 0) is 9.84 Å². The van der Waals surface area contributed by atoms with Gasteiger partial charge in [-0.15, -0.1) is 0 Å². The Hall–Kier alpha value is -3.64. The van der Waals surface area contributed by atoms with E-state index in [1.807, 2.05) is 74.5 Å². The summed E-state index contributed by atoms with van der Waals surface area (Å²) in [5.41, 5.74) is 3.74. The normalized spacial score (nSPS) is 11.7. The fourth-order valence-electron chi connectivity index (χ4n) is 2.98. The molecule has 1 N–H and O–H groups in total. The van der Waals surface area contributed by atoms with Crippen molar-refractivity contribution < 1.29 is 12.8 Å². The Morgan fingerprint density at radius 1 is 0.806 bits per heavy atom. The summed E-state index contributed by atoms with van der Waals surface area (Å²) in [6.45, 7) is 3.89. The lowest BCUT2D eigenvalue weighted by Gasteiger charge is -2.06. The summed E-state index contributed by atoms with van der Waals surface area (Å²) in [5, 5.41) is 2.91. The molecule has 0 aliphatic rings. The molecule has 0 atom stereocenters. The van der Waals surface area contributed by atoms with Gasteiger partial charge >= 0.3 is 0 Å². The van der Waals surface area contributed by atoms with Crippen LogP contribution in [0, 0.1) is 13.8 Å². The maximum atomic E-state index is 13.3. The highest BCUT2D eigenvalue weighted by atomic mass is 32.2. The van der Waals surface area contributed by atoms with Gasteiger partial charge in [0.1, 0.15) is 0 Å². The highest BCUT2D eigenvalue weighted by molar-refractivity contribution is 7.91. The van der Waals surface area contributed by atoms with Crippen LogP contribution < -0.4 is 5.32 Å². The van der Waals surface area contributed by atoms with E-state index in [2.05, 4.69) is 10.3 Å². The Kier molecular flexibility index (Phi) is 5.73. The van der Waals surface area contributed by atoms with Crippen LogP contribution in [0.15, 0.2) is 93.2 Å². The highest BCUT2D eigenvalue weighted by Gasteiger charge is 2.27. The molecule has 0 amide bonds. The van der Waals surface area contributed by atoms with Crippen molar-refractivity contribution in [1.82, 2.24) is 4.98 Å². The highest BCUT2D eigenvalue weighted by Crippen LogP contribution is 2.31. The molecule has 0 saturated carbocycles. The van der Waals surface area contributed by atoms with E-state index in [4.69, 9.17) is 4.42 Å². The predicted molar refractivity (Wildman–Crippen MR) is 123 cm³/mol. The van der Waals surface area contributed by atoms with Crippen molar-refractivity contribution in [3.63, 3.8) is 0 Å². The quantitative estimate of drug-likeness (QED) is 0.404. The number of rotatable bonds is 6. The average Bonchev–Trinajstić information content (AvgIpc) is 3.18. The molecule has 0 radical (unpaired) electrons. The number of oxazole rings is 1. The molecule has 0 spiro atoms. The first-order valence-corrected chi connectivity index (χ1v) is 11.3. The van der Waals surface area contributed by atoms with E-state index in [0.717, 1.165) is 16.7 Å². The van der Waals surface area contributed by atoms with Crippen LogP contribution in [0.1, 0.15) is 22.6 Å². The second-order valence-corrected chi connectivity index (χ2v) is 9.10. The Labute approximate surface area is 182 Å². The van der Waals surface area contributed by atoms with Gasteiger partial charge in [0, 0.05) is 11.8 Å². The molecular weight excluding hydrogens is 408 g/mol. The van der Waals surface area contributed by atoms with E-state index in [1.165, 1.54) is 0 Å². The first-order valence-electron chi connectivity index (χ1n) is 9.81. The number of hydrogen-bond acceptors (Lipinski definition) is 5. The molecule has 4 rings (SSSR count). The lowest BCUT2D eigenvalue weighted by Crippen LogP contribution is -2.05. The van der Waals surface area contributed by atoms with E-state index in [-0.39, 0.29) is 21.7 Å². The third kappa shape index (κ3) is 4.75. The molecule has 156 valence electrons. The van der Waals surface area contributed by atoms with Gasteiger partial charge < -0.3 is 9.73 Å². The van der Waals surface area contributed by atoms with Gasteiger partial charge in [-0.05, 0) is 49.8 Å². The smallest absolute Gasteiger partial charge is 0.238 e. The van der Waals surface area contributed by atoms with Crippen molar-refractivity contribution in [2.24, 2.45) is 0 Å². The summed E-state index contributed by atoms with van der Waals surface area (Å²) < 4.78 is 32.4. The lowest BCUT2D eigenvalue weighted by molar-refractivity contribution is 0.560. The fourth-order valence-corrected chi connectivity index (χ4v) is 4.25. The maximum Gasteiger partial charge on any atom is 0.238 e. The maximum absolute atomic E-state index is 13.3.